The summed E-state index contributed by atoms with van der Waals surface area (Å²) in [5.41, 5.74) is -0.675. The van der Waals surface area contributed by atoms with Crippen LogP contribution in [0.2, 0.25) is 0 Å². The van der Waals surface area contributed by atoms with E-state index in [0.717, 1.165) is 31.7 Å². The molecule has 200 valence electrons. The molecule has 0 bridgehead atoms. The fraction of sp³-hybridized carbons (Fsp3) is 1.00. The first-order valence-corrected chi connectivity index (χ1v) is 15.1. The van der Waals surface area contributed by atoms with Crippen molar-refractivity contribution in [1.82, 2.24) is 10.6 Å². The summed E-state index contributed by atoms with van der Waals surface area (Å²) in [7, 11) is 0. The second kappa shape index (κ2) is 14.3. The molecule has 34 heavy (non-hydrogen) atoms. The maximum Gasteiger partial charge on any atom is 0.132 e. The van der Waals surface area contributed by atoms with Crippen LogP contribution in [0.15, 0.2) is 0 Å². The van der Waals surface area contributed by atoms with E-state index < -0.39 is 47.5 Å². The summed E-state index contributed by atoms with van der Waals surface area (Å²) in [4.78, 5) is 0. The van der Waals surface area contributed by atoms with Crippen LogP contribution in [-0.2, 0) is 4.74 Å². The topological polar surface area (TPSA) is 114 Å². The van der Waals surface area contributed by atoms with Gasteiger partial charge >= 0.3 is 0 Å². The maximum atomic E-state index is 11.0. The Morgan fingerprint density at radius 2 is 1.65 bits per heavy atom. The smallest absolute Gasteiger partial charge is 0.132 e. The van der Waals surface area contributed by atoms with Gasteiger partial charge in [-0.25, -0.2) is 0 Å². The zero-order valence-electron chi connectivity index (χ0n) is 20.8. The Bertz CT molecular complexity index is 584. The SMILES string of the molecule is CSC1O[C@H]([C@H](NC(O)[C@@H]2CC[C@H](CCCC3CCCCC3)CCN2)[C@H](C)Cl)C(O)C(O)[C@H]1O. The van der Waals surface area contributed by atoms with Gasteiger partial charge < -0.3 is 30.5 Å². The summed E-state index contributed by atoms with van der Waals surface area (Å²) in [6.07, 6.45) is 10.3. The van der Waals surface area contributed by atoms with Crippen molar-refractivity contribution in [3.8, 4) is 0 Å². The second-order valence-electron chi connectivity index (χ2n) is 10.7. The Balaban J connectivity index is 1.49. The van der Waals surface area contributed by atoms with Crippen LogP contribution in [0.25, 0.3) is 0 Å². The summed E-state index contributed by atoms with van der Waals surface area (Å²) in [5.74, 6) is 1.63. The Morgan fingerprint density at radius 1 is 0.971 bits per heavy atom. The van der Waals surface area contributed by atoms with Crippen LogP contribution in [0.4, 0.5) is 0 Å². The van der Waals surface area contributed by atoms with Gasteiger partial charge in [-0.05, 0) is 50.8 Å². The molecule has 3 fully saturated rings. The highest BCUT2D eigenvalue weighted by atomic mass is 35.5. The third-order valence-corrected chi connectivity index (χ3v) is 9.35. The number of alkyl halides is 1. The van der Waals surface area contributed by atoms with Crippen LogP contribution in [0.1, 0.15) is 77.6 Å². The van der Waals surface area contributed by atoms with Gasteiger partial charge in [0, 0.05) is 11.4 Å². The average molecular weight is 523 g/mol. The summed E-state index contributed by atoms with van der Waals surface area (Å²) >= 11 is 7.71. The van der Waals surface area contributed by atoms with Crippen LogP contribution in [0.5, 0.6) is 0 Å². The van der Waals surface area contributed by atoms with E-state index in [1.807, 2.05) is 0 Å². The lowest BCUT2D eigenvalue weighted by atomic mass is 9.84. The van der Waals surface area contributed by atoms with Crippen LogP contribution in [-0.4, -0.2) is 86.8 Å². The first-order chi connectivity index (χ1) is 16.3. The van der Waals surface area contributed by atoms with E-state index in [1.54, 1.807) is 13.2 Å². The van der Waals surface area contributed by atoms with Gasteiger partial charge in [-0.1, -0.05) is 51.4 Å². The number of aliphatic hydroxyl groups is 4. The predicted octanol–water partition coefficient (Wildman–Crippen LogP) is 2.57. The monoisotopic (exact) mass is 522 g/mol. The fourth-order valence-electron chi connectivity index (χ4n) is 6.03. The van der Waals surface area contributed by atoms with Crippen molar-refractivity contribution in [2.45, 2.75) is 131 Å². The molecule has 0 aromatic rings. The van der Waals surface area contributed by atoms with E-state index in [9.17, 15) is 20.4 Å². The summed E-state index contributed by atoms with van der Waals surface area (Å²) < 4.78 is 5.90. The molecule has 2 saturated heterocycles. The van der Waals surface area contributed by atoms with Crippen molar-refractivity contribution < 1.29 is 25.2 Å². The lowest BCUT2D eigenvalue weighted by Gasteiger charge is -2.44. The molecule has 0 radical (unpaired) electrons. The van der Waals surface area contributed by atoms with Gasteiger partial charge in [-0.15, -0.1) is 23.4 Å². The van der Waals surface area contributed by atoms with E-state index in [2.05, 4.69) is 10.6 Å². The largest absolute Gasteiger partial charge is 0.388 e. The van der Waals surface area contributed by atoms with Gasteiger partial charge in [-0.2, -0.15) is 0 Å². The van der Waals surface area contributed by atoms with E-state index in [4.69, 9.17) is 16.3 Å². The highest BCUT2D eigenvalue weighted by Gasteiger charge is 2.48. The van der Waals surface area contributed by atoms with Crippen LogP contribution < -0.4 is 10.6 Å². The van der Waals surface area contributed by atoms with Crippen molar-refractivity contribution in [2.24, 2.45) is 11.8 Å². The lowest BCUT2D eigenvalue weighted by molar-refractivity contribution is -0.207. The third kappa shape index (κ3) is 7.93. The highest BCUT2D eigenvalue weighted by molar-refractivity contribution is 7.99. The molecule has 0 aromatic carbocycles. The minimum absolute atomic E-state index is 0.117. The van der Waals surface area contributed by atoms with Gasteiger partial charge in [-0.3, -0.25) is 5.32 Å². The van der Waals surface area contributed by atoms with Gasteiger partial charge in [0.2, 0.25) is 0 Å². The van der Waals surface area contributed by atoms with E-state index in [0.29, 0.717) is 5.92 Å². The number of aliphatic hydroxyl groups excluding tert-OH is 4. The number of thioether (sulfide) groups is 1. The van der Waals surface area contributed by atoms with Crippen molar-refractivity contribution in [3.05, 3.63) is 0 Å². The average Bonchev–Trinajstić information content (AvgIpc) is 3.08. The van der Waals surface area contributed by atoms with E-state index in [1.165, 1.54) is 63.1 Å². The van der Waals surface area contributed by atoms with Crippen LogP contribution >= 0.6 is 23.4 Å². The number of hydrogen-bond donors (Lipinski definition) is 6. The van der Waals surface area contributed by atoms with Gasteiger partial charge in [0.25, 0.3) is 0 Å². The van der Waals surface area contributed by atoms with Crippen LogP contribution in [0, 0.1) is 11.8 Å². The van der Waals surface area contributed by atoms with Crippen molar-refractivity contribution in [3.63, 3.8) is 0 Å². The first kappa shape index (κ1) is 28.9. The van der Waals surface area contributed by atoms with E-state index >= 15 is 0 Å². The van der Waals surface area contributed by atoms with Gasteiger partial charge in [0.1, 0.15) is 36.1 Å². The highest BCUT2D eigenvalue weighted by Crippen LogP contribution is 2.32. The Hall–Kier alpha value is 0.360. The molecule has 9 heteroatoms. The Kier molecular flexibility index (Phi) is 12.2. The predicted molar refractivity (Wildman–Crippen MR) is 138 cm³/mol. The number of ether oxygens (including phenoxy) is 1. The molecule has 0 aromatic heterocycles. The molecular weight excluding hydrogens is 476 g/mol. The zero-order chi connectivity index (χ0) is 24.7. The molecule has 3 aliphatic rings. The summed E-state index contributed by atoms with van der Waals surface area (Å²) in [6, 6.07) is -0.714. The Labute approximate surface area is 214 Å². The van der Waals surface area contributed by atoms with Crippen molar-refractivity contribution in [2.75, 3.05) is 12.8 Å². The molecule has 0 amide bonds. The molecule has 10 atom stereocenters. The fourth-order valence-corrected chi connectivity index (χ4v) is 6.93. The normalized spacial score (nSPS) is 38.7. The maximum absolute atomic E-state index is 11.0. The Morgan fingerprint density at radius 3 is 2.29 bits per heavy atom. The lowest BCUT2D eigenvalue weighted by Crippen LogP contribution is -2.66. The summed E-state index contributed by atoms with van der Waals surface area (Å²) in [6.45, 7) is 2.65. The minimum atomic E-state index is -1.33. The van der Waals surface area contributed by atoms with Crippen LogP contribution in [0.3, 0.4) is 0 Å². The molecular formula is C25H47ClN2O5S. The molecule has 1 aliphatic carbocycles. The number of hydrogen-bond acceptors (Lipinski definition) is 8. The summed E-state index contributed by atoms with van der Waals surface area (Å²) in [5, 5.41) is 48.3. The quantitative estimate of drug-likeness (QED) is 0.192. The second-order valence-corrected chi connectivity index (χ2v) is 12.3. The number of rotatable bonds is 10. The zero-order valence-corrected chi connectivity index (χ0v) is 22.4. The molecule has 7 nitrogen and oxygen atoms in total. The molecule has 3 rings (SSSR count). The van der Waals surface area contributed by atoms with E-state index in [-0.39, 0.29) is 6.04 Å². The van der Waals surface area contributed by atoms with Gasteiger partial charge in [0.15, 0.2) is 0 Å². The van der Waals surface area contributed by atoms with Crippen molar-refractivity contribution >= 4 is 23.4 Å². The number of halogens is 1. The molecule has 4 unspecified atom stereocenters. The standard InChI is InChI=1S/C25H47ClN2O5S/c1-15(26)19(23-21(30)20(29)22(31)25(33-23)34-2)28-24(32)18-12-11-17(13-14-27-18)10-6-9-16-7-4-3-5-8-16/h15-25,27-32H,3-14H2,1-2H3/t15-,17-,18-,19+,20?,21?,22+,23+,24?,25?/m0/s1. The third-order valence-electron chi connectivity index (χ3n) is 8.23. The van der Waals surface area contributed by atoms with Crippen molar-refractivity contribution in [1.29, 1.82) is 0 Å². The molecule has 6 N–H and O–H groups in total. The molecule has 2 heterocycles. The minimum Gasteiger partial charge on any atom is -0.388 e. The number of nitrogens with one attached hydrogen (secondary N) is 2. The molecule has 0 spiro atoms. The van der Waals surface area contributed by atoms with Gasteiger partial charge in [0.05, 0.1) is 6.04 Å². The molecule has 1 saturated carbocycles. The first-order valence-electron chi connectivity index (χ1n) is 13.4. The molecule has 2 aliphatic heterocycles.